The molecule has 136 valence electrons. The van der Waals surface area contributed by atoms with E-state index in [1.807, 2.05) is 19.9 Å². The molecule has 1 N–H and O–H groups in total. The van der Waals surface area contributed by atoms with E-state index < -0.39 is 11.9 Å². The molecule has 1 saturated heterocycles. The first-order chi connectivity index (χ1) is 12.4. The van der Waals surface area contributed by atoms with E-state index in [4.69, 9.17) is 0 Å². The van der Waals surface area contributed by atoms with Crippen molar-refractivity contribution in [2.45, 2.75) is 45.7 Å². The molecule has 0 bridgehead atoms. The normalized spacial score (nSPS) is 19.5. The summed E-state index contributed by atoms with van der Waals surface area (Å²) >= 11 is 0. The summed E-state index contributed by atoms with van der Waals surface area (Å²) in [6.45, 7) is 5.33. The number of rotatable bonds is 3. The molecule has 0 saturated carbocycles. The van der Waals surface area contributed by atoms with E-state index in [9.17, 15) is 14.0 Å². The third-order valence-corrected chi connectivity index (χ3v) is 4.70. The van der Waals surface area contributed by atoms with Gasteiger partial charge in [-0.15, -0.1) is 0 Å². The summed E-state index contributed by atoms with van der Waals surface area (Å²) in [6, 6.07) is 4.99. The fraction of sp³-hybridized carbons (Fsp3) is 0.368. The van der Waals surface area contributed by atoms with Crippen molar-refractivity contribution in [2.24, 2.45) is 0 Å². The van der Waals surface area contributed by atoms with Crippen molar-refractivity contribution in [3.05, 3.63) is 42.0 Å². The zero-order valence-corrected chi connectivity index (χ0v) is 15.0. The molecule has 2 unspecified atom stereocenters. The Bertz CT molecular complexity index is 838. The van der Waals surface area contributed by atoms with Crippen molar-refractivity contribution >= 4 is 17.5 Å². The van der Waals surface area contributed by atoms with E-state index in [0.29, 0.717) is 23.5 Å². The molecule has 0 radical (unpaired) electrons. The van der Waals surface area contributed by atoms with Gasteiger partial charge in [-0.3, -0.25) is 9.59 Å². The highest BCUT2D eigenvalue weighted by Gasteiger charge is 2.37. The number of carbonyl (C=O) groups excluding carboxylic acids is 2. The first-order valence-electron chi connectivity index (χ1n) is 8.55. The molecule has 0 spiro atoms. The summed E-state index contributed by atoms with van der Waals surface area (Å²) in [7, 11) is 0. The molecule has 1 aliphatic heterocycles. The third kappa shape index (κ3) is 3.56. The summed E-state index contributed by atoms with van der Waals surface area (Å²) in [5.74, 6) is -0.422. The molecular formula is C19H21FN4O2. The van der Waals surface area contributed by atoms with Crippen molar-refractivity contribution in [2.75, 3.05) is 5.32 Å². The number of benzene rings is 1. The molecule has 7 heteroatoms. The van der Waals surface area contributed by atoms with Crippen LogP contribution in [-0.4, -0.2) is 38.8 Å². The van der Waals surface area contributed by atoms with Gasteiger partial charge in [-0.05, 0) is 44.4 Å². The lowest BCUT2D eigenvalue weighted by molar-refractivity contribution is -0.136. The van der Waals surface area contributed by atoms with Crippen LogP contribution >= 0.6 is 0 Å². The van der Waals surface area contributed by atoms with Gasteiger partial charge in [0.2, 0.25) is 11.8 Å². The summed E-state index contributed by atoms with van der Waals surface area (Å²) in [6.07, 6.45) is 3.67. The average molecular weight is 356 g/mol. The lowest BCUT2D eigenvalue weighted by Crippen LogP contribution is -2.45. The molecule has 6 nitrogen and oxygen atoms in total. The Morgan fingerprint density at radius 1 is 1.23 bits per heavy atom. The smallest absolute Gasteiger partial charge is 0.247 e. The van der Waals surface area contributed by atoms with Crippen LogP contribution in [0.25, 0.3) is 11.4 Å². The van der Waals surface area contributed by atoms with E-state index in [1.54, 1.807) is 17.0 Å². The molecule has 2 amide bonds. The van der Waals surface area contributed by atoms with Crippen molar-refractivity contribution in [3.8, 4) is 11.4 Å². The summed E-state index contributed by atoms with van der Waals surface area (Å²) in [5, 5.41) is 2.88. The molecule has 1 fully saturated rings. The number of likely N-dealkylation sites (tertiary alicyclic amines) is 1. The van der Waals surface area contributed by atoms with Gasteiger partial charge in [0.1, 0.15) is 6.04 Å². The van der Waals surface area contributed by atoms with E-state index in [-0.39, 0.29) is 17.9 Å². The molecule has 1 aromatic heterocycles. The first kappa shape index (κ1) is 18.0. The van der Waals surface area contributed by atoms with Gasteiger partial charge in [0, 0.05) is 24.2 Å². The standard InChI is InChI=1S/C19H21FN4O2/c1-11-4-6-15(8-16(11)18-21-9-14(20)10-22-18)23-19(26)17-7-5-12(2)24(17)13(3)25/h4,6,8-10,12,17H,5,7H2,1-3H3,(H,23,26). The Labute approximate surface area is 151 Å². The van der Waals surface area contributed by atoms with Crippen LogP contribution in [0.15, 0.2) is 30.6 Å². The lowest BCUT2D eigenvalue weighted by Gasteiger charge is -2.26. The molecule has 26 heavy (non-hydrogen) atoms. The van der Waals surface area contributed by atoms with E-state index >= 15 is 0 Å². The van der Waals surface area contributed by atoms with Gasteiger partial charge in [-0.1, -0.05) is 6.07 Å². The minimum Gasteiger partial charge on any atom is -0.328 e. The number of anilines is 1. The number of nitrogens with zero attached hydrogens (tertiary/aromatic N) is 3. The SMILES string of the molecule is CC(=O)N1C(C)CCC1C(=O)Nc1ccc(C)c(-c2ncc(F)cn2)c1. The molecule has 2 atom stereocenters. The number of aryl methyl sites for hydroxylation is 1. The minimum atomic E-state index is -0.504. The second-order valence-corrected chi connectivity index (χ2v) is 6.61. The number of hydrogen-bond acceptors (Lipinski definition) is 4. The van der Waals surface area contributed by atoms with Crippen molar-refractivity contribution in [1.82, 2.24) is 14.9 Å². The fourth-order valence-electron chi connectivity index (χ4n) is 3.39. The Kier molecular flexibility index (Phi) is 4.97. The maximum atomic E-state index is 13.0. The Morgan fingerprint density at radius 2 is 1.92 bits per heavy atom. The molecule has 1 aromatic carbocycles. The molecule has 3 rings (SSSR count). The highest BCUT2D eigenvalue weighted by atomic mass is 19.1. The second-order valence-electron chi connectivity index (χ2n) is 6.61. The number of aromatic nitrogens is 2. The number of amides is 2. The fourth-order valence-corrected chi connectivity index (χ4v) is 3.39. The van der Waals surface area contributed by atoms with Gasteiger partial charge in [0.15, 0.2) is 11.6 Å². The molecule has 1 aliphatic rings. The zero-order valence-electron chi connectivity index (χ0n) is 15.0. The lowest BCUT2D eigenvalue weighted by atomic mass is 10.1. The van der Waals surface area contributed by atoms with E-state index in [2.05, 4.69) is 15.3 Å². The Morgan fingerprint density at radius 3 is 2.58 bits per heavy atom. The van der Waals surface area contributed by atoms with Crippen LogP contribution in [-0.2, 0) is 9.59 Å². The number of nitrogens with one attached hydrogen (secondary N) is 1. The van der Waals surface area contributed by atoms with Gasteiger partial charge >= 0.3 is 0 Å². The zero-order chi connectivity index (χ0) is 18.8. The first-order valence-corrected chi connectivity index (χ1v) is 8.55. The van der Waals surface area contributed by atoms with Crippen molar-refractivity contribution < 1.29 is 14.0 Å². The van der Waals surface area contributed by atoms with E-state index in [0.717, 1.165) is 24.4 Å². The maximum absolute atomic E-state index is 13.0. The van der Waals surface area contributed by atoms with Gasteiger partial charge in [0.05, 0.1) is 12.4 Å². The summed E-state index contributed by atoms with van der Waals surface area (Å²) < 4.78 is 13.0. The van der Waals surface area contributed by atoms with Gasteiger partial charge in [-0.2, -0.15) is 0 Å². The van der Waals surface area contributed by atoms with Crippen LogP contribution in [0.3, 0.4) is 0 Å². The van der Waals surface area contributed by atoms with Crippen LogP contribution in [0.4, 0.5) is 10.1 Å². The second kappa shape index (κ2) is 7.19. The van der Waals surface area contributed by atoms with Gasteiger partial charge in [-0.25, -0.2) is 14.4 Å². The van der Waals surface area contributed by atoms with Crippen LogP contribution in [0.2, 0.25) is 0 Å². The van der Waals surface area contributed by atoms with Crippen molar-refractivity contribution in [3.63, 3.8) is 0 Å². The van der Waals surface area contributed by atoms with Crippen LogP contribution < -0.4 is 5.32 Å². The number of hydrogen-bond donors (Lipinski definition) is 1. The topological polar surface area (TPSA) is 75.2 Å². The minimum absolute atomic E-state index is 0.0597. The average Bonchev–Trinajstić information content (AvgIpc) is 2.99. The van der Waals surface area contributed by atoms with Gasteiger partial charge in [0.25, 0.3) is 0 Å². The highest BCUT2D eigenvalue weighted by molar-refractivity contribution is 5.97. The largest absolute Gasteiger partial charge is 0.328 e. The summed E-state index contributed by atoms with van der Waals surface area (Å²) in [4.78, 5) is 34.1. The molecular weight excluding hydrogens is 335 g/mol. The quantitative estimate of drug-likeness (QED) is 0.917. The third-order valence-electron chi connectivity index (χ3n) is 4.70. The molecule has 2 aromatic rings. The number of halogens is 1. The van der Waals surface area contributed by atoms with Gasteiger partial charge < -0.3 is 10.2 Å². The molecule has 2 heterocycles. The monoisotopic (exact) mass is 356 g/mol. The highest BCUT2D eigenvalue weighted by Crippen LogP contribution is 2.27. The van der Waals surface area contributed by atoms with Crippen LogP contribution in [0.5, 0.6) is 0 Å². The summed E-state index contributed by atoms with van der Waals surface area (Å²) in [5.41, 5.74) is 2.21. The number of carbonyl (C=O) groups is 2. The van der Waals surface area contributed by atoms with Crippen molar-refractivity contribution in [1.29, 1.82) is 0 Å². The molecule has 0 aliphatic carbocycles. The van der Waals surface area contributed by atoms with Crippen LogP contribution in [0, 0.1) is 12.7 Å². The predicted octanol–water partition coefficient (Wildman–Crippen LogP) is 2.93. The Balaban J connectivity index is 1.82. The Hall–Kier alpha value is -2.83. The maximum Gasteiger partial charge on any atom is 0.247 e. The van der Waals surface area contributed by atoms with E-state index in [1.165, 1.54) is 6.92 Å². The van der Waals surface area contributed by atoms with Crippen LogP contribution in [0.1, 0.15) is 32.3 Å². The predicted molar refractivity (Wildman–Crippen MR) is 95.8 cm³/mol.